The smallest absolute Gasteiger partial charge is 0.132 e. The number of hydrogen-bond acceptors (Lipinski definition) is 4. The monoisotopic (exact) mass is 209 g/mol. The van der Waals surface area contributed by atoms with Crippen molar-refractivity contribution in [1.29, 1.82) is 0 Å². The fraction of sp³-hybridized carbons (Fsp3) is 0.600. The van der Waals surface area contributed by atoms with Crippen molar-refractivity contribution < 1.29 is 0 Å². The molecule has 0 unspecified atom stereocenters. The minimum absolute atomic E-state index is 0.566. The molecule has 0 bridgehead atoms. The van der Waals surface area contributed by atoms with Crippen molar-refractivity contribution in [3.05, 3.63) is 18.1 Å². The number of nitrogens with two attached hydrogens (primary N) is 1. The Morgan fingerprint density at radius 2 is 2.07 bits per heavy atom. The van der Waals surface area contributed by atoms with E-state index in [9.17, 15) is 0 Å². The Labute approximate surface area is 88.7 Å². The Morgan fingerprint density at radius 3 is 2.79 bits per heavy atom. The van der Waals surface area contributed by atoms with E-state index in [0.717, 1.165) is 10.9 Å². The quantitative estimate of drug-likeness (QED) is 0.600. The van der Waals surface area contributed by atoms with E-state index in [2.05, 4.69) is 9.97 Å². The van der Waals surface area contributed by atoms with E-state index >= 15 is 0 Å². The van der Waals surface area contributed by atoms with Crippen LogP contribution in [0, 0.1) is 0 Å². The summed E-state index contributed by atoms with van der Waals surface area (Å²) in [6, 6.07) is 1.86. The van der Waals surface area contributed by atoms with E-state index in [-0.39, 0.29) is 0 Å². The summed E-state index contributed by atoms with van der Waals surface area (Å²) in [6.45, 7) is 0. The van der Waals surface area contributed by atoms with Crippen LogP contribution < -0.4 is 5.14 Å². The third-order valence-electron chi connectivity index (χ3n) is 2.74. The highest BCUT2D eigenvalue weighted by molar-refractivity contribution is 7.97. The van der Waals surface area contributed by atoms with Crippen LogP contribution in [-0.2, 0) is 0 Å². The van der Waals surface area contributed by atoms with Crippen molar-refractivity contribution in [3.8, 4) is 0 Å². The lowest BCUT2D eigenvalue weighted by Crippen LogP contribution is -2.09. The number of aromatic nitrogens is 2. The second-order valence-electron chi connectivity index (χ2n) is 3.71. The maximum atomic E-state index is 5.47. The number of rotatable bonds is 2. The maximum absolute atomic E-state index is 5.47. The topological polar surface area (TPSA) is 51.8 Å². The number of hydrogen-bond donors (Lipinski definition) is 1. The van der Waals surface area contributed by atoms with Crippen LogP contribution in [0.5, 0.6) is 0 Å². The van der Waals surface area contributed by atoms with Gasteiger partial charge in [0.2, 0.25) is 0 Å². The summed E-state index contributed by atoms with van der Waals surface area (Å²) in [5, 5.41) is 6.35. The molecule has 1 aliphatic carbocycles. The predicted molar refractivity (Wildman–Crippen MR) is 57.9 cm³/mol. The molecule has 3 nitrogen and oxygen atoms in total. The summed E-state index contributed by atoms with van der Waals surface area (Å²) in [5.41, 5.74) is 0. The van der Waals surface area contributed by atoms with E-state index < -0.39 is 0 Å². The lowest BCUT2D eigenvalue weighted by molar-refractivity contribution is 0.426. The fourth-order valence-electron chi connectivity index (χ4n) is 1.98. The van der Waals surface area contributed by atoms with Gasteiger partial charge in [-0.15, -0.1) is 0 Å². The molecular weight excluding hydrogens is 194 g/mol. The van der Waals surface area contributed by atoms with E-state index in [4.69, 9.17) is 5.14 Å². The summed E-state index contributed by atoms with van der Waals surface area (Å²) in [6.07, 6.45) is 8.27. The average molecular weight is 209 g/mol. The molecule has 1 saturated carbocycles. The third-order valence-corrected chi connectivity index (χ3v) is 3.21. The van der Waals surface area contributed by atoms with Crippen LogP contribution in [-0.4, -0.2) is 9.97 Å². The van der Waals surface area contributed by atoms with Gasteiger partial charge >= 0.3 is 0 Å². The minimum Gasteiger partial charge on any atom is -0.272 e. The maximum Gasteiger partial charge on any atom is 0.132 e. The second kappa shape index (κ2) is 4.75. The Balaban J connectivity index is 2.13. The largest absolute Gasteiger partial charge is 0.272 e. The fourth-order valence-corrected chi connectivity index (χ4v) is 2.27. The van der Waals surface area contributed by atoms with Crippen molar-refractivity contribution in [2.45, 2.75) is 43.0 Å². The van der Waals surface area contributed by atoms with Crippen molar-refractivity contribution in [1.82, 2.24) is 9.97 Å². The SMILES string of the molecule is NSc1ccnc(C2CCCCC2)n1. The van der Waals surface area contributed by atoms with Gasteiger partial charge in [0.15, 0.2) is 0 Å². The Hall–Kier alpha value is -0.610. The first kappa shape index (κ1) is 9.93. The molecule has 76 valence electrons. The zero-order valence-corrected chi connectivity index (χ0v) is 8.96. The highest BCUT2D eigenvalue weighted by Gasteiger charge is 2.17. The lowest BCUT2D eigenvalue weighted by Gasteiger charge is -2.19. The first-order chi connectivity index (χ1) is 6.90. The van der Waals surface area contributed by atoms with Gasteiger partial charge in [0, 0.05) is 12.1 Å². The molecule has 2 N–H and O–H groups in total. The van der Waals surface area contributed by atoms with E-state index in [1.165, 1.54) is 44.1 Å². The van der Waals surface area contributed by atoms with Crippen LogP contribution in [0.3, 0.4) is 0 Å². The Morgan fingerprint density at radius 1 is 1.29 bits per heavy atom. The standard InChI is InChI=1S/C10H15N3S/c11-14-9-6-7-12-10(13-9)8-4-2-1-3-5-8/h6-8H,1-5,11H2. The highest BCUT2D eigenvalue weighted by atomic mass is 32.2. The van der Waals surface area contributed by atoms with Crippen LogP contribution in [0.25, 0.3) is 0 Å². The summed E-state index contributed by atoms with van der Waals surface area (Å²) in [5.74, 6) is 1.55. The van der Waals surface area contributed by atoms with Gasteiger partial charge in [-0.25, -0.2) is 9.97 Å². The van der Waals surface area contributed by atoms with Crippen molar-refractivity contribution in [3.63, 3.8) is 0 Å². The number of nitrogens with zero attached hydrogens (tertiary/aromatic N) is 2. The molecule has 4 heteroatoms. The van der Waals surface area contributed by atoms with Gasteiger partial charge in [0.1, 0.15) is 10.9 Å². The van der Waals surface area contributed by atoms with Gasteiger partial charge in [0.05, 0.1) is 0 Å². The third kappa shape index (κ3) is 2.25. The van der Waals surface area contributed by atoms with E-state index in [1.54, 1.807) is 0 Å². The van der Waals surface area contributed by atoms with Gasteiger partial charge in [-0.2, -0.15) is 0 Å². The minimum atomic E-state index is 0.566. The molecule has 0 saturated heterocycles. The van der Waals surface area contributed by atoms with Crippen molar-refractivity contribution >= 4 is 11.9 Å². The normalized spacial score (nSPS) is 18.4. The summed E-state index contributed by atoms with van der Waals surface area (Å²) < 4.78 is 0. The van der Waals surface area contributed by atoms with Crippen molar-refractivity contribution in [2.24, 2.45) is 5.14 Å². The summed E-state index contributed by atoms with van der Waals surface area (Å²) in [4.78, 5) is 8.77. The van der Waals surface area contributed by atoms with Crippen molar-refractivity contribution in [2.75, 3.05) is 0 Å². The molecule has 1 aromatic rings. The van der Waals surface area contributed by atoms with Crippen LogP contribution in [0.4, 0.5) is 0 Å². The van der Waals surface area contributed by atoms with Crippen LogP contribution in [0.2, 0.25) is 0 Å². The molecule has 1 fully saturated rings. The first-order valence-electron chi connectivity index (χ1n) is 5.10. The predicted octanol–water partition coefficient (Wildman–Crippen LogP) is 2.49. The van der Waals surface area contributed by atoms with Gasteiger partial charge in [0.25, 0.3) is 0 Å². The molecule has 0 radical (unpaired) electrons. The molecule has 0 aliphatic heterocycles. The molecule has 1 aliphatic rings. The molecule has 1 aromatic heterocycles. The summed E-state index contributed by atoms with van der Waals surface area (Å²) >= 11 is 1.20. The molecule has 0 aromatic carbocycles. The summed E-state index contributed by atoms with van der Waals surface area (Å²) in [7, 11) is 0. The Bertz CT molecular complexity index is 297. The van der Waals surface area contributed by atoms with Gasteiger partial charge in [-0.05, 0) is 30.9 Å². The molecule has 14 heavy (non-hydrogen) atoms. The van der Waals surface area contributed by atoms with Gasteiger partial charge in [-0.1, -0.05) is 19.3 Å². The van der Waals surface area contributed by atoms with Crippen LogP contribution in [0.1, 0.15) is 43.8 Å². The van der Waals surface area contributed by atoms with Gasteiger partial charge < -0.3 is 0 Å². The van der Waals surface area contributed by atoms with Crippen LogP contribution in [0.15, 0.2) is 17.3 Å². The van der Waals surface area contributed by atoms with E-state index in [0.29, 0.717) is 5.92 Å². The average Bonchev–Trinajstić information content (AvgIpc) is 2.30. The zero-order valence-electron chi connectivity index (χ0n) is 8.15. The second-order valence-corrected chi connectivity index (χ2v) is 4.36. The molecule has 0 amide bonds. The Kier molecular flexibility index (Phi) is 3.37. The molecule has 0 spiro atoms. The molecular formula is C10H15N3S. The lowest BCUT2D eigenvalue weighted by atomic mass is 9.89. The highest BCUT2D eigenvalue weighted by Crippen LogP contribution is 2.30. The molecule has 0 atom stereocenters. The zero-order chi connectivity index (χ0) is 9.80. The molecule has 2 rings (SSSR count). The van der Waals surface area contributed by atoms with Crippen LogP contribution >= 0.6 is 11.9 Å². The molecule has 1 heterocycles. The first-order valence-corrected chi connectivity index (χ1v) is 5.98. The van der Waals surface area contributed by atoms with E-state index in [1.807, 2.05) is 12.3 Å². The van der Waals surface area contributed by atoms with Gasteiger partial charge in [-0.3, -0.25) is 5.14 Å².